The van der Waals surface area contributed by atoms with Gasteiger partial charge in [-0.15, -0.1) is 10.2 Å². The minimum atomic E-state index is 0.704. The van der Waals surface area contributed by atoms with E-state index in [0.717, 1.165) is 35.6 Å². The number of hydrogen-bond donors (Lipinski definition) is 1. The Morgan fingerprint density at radius 2 is 2.25 bits per heavy atom. The summed E-state index contributed by atoms with van der Waals surface area (Å²) in [5.74, 6) is 1.75. The monoisotopic (exact) mass is 289 g/mol. The van der Waals surface area contributed by atoms with Crippen LogP contribution in [0.3, 0.4) is 0 Å². The molecule has 0 spiro atoms. The maximum absolute atomic E-state index is 5.38. The van der Waals surface area contributed by atoms with E-state index in [0.29, 0.717) is 4.77 Å². The SMILES string of the molecule is COc1ccc2[nH]c(=S)n(CCc3nncn3C)c2c1. The number of ether oxygens (including phenoxy) is 1. The summed E-state index contributed by atoms with van der Waals surface area (Å²) in [6, 6.07) is 5.88. The Labute approximate surface area is 121 Å². The van der Waals surface area contributed by atoms with Crippen LogP contribution in [0.15, 0.2) is 24.5 Å². The van der Waals surface area contributed by atoms with Crippen molar-refractivity contribution in [1.82, 2.24) is 24.3 Å². The average Bonchev–Trinajstić information content (AvgIpc) is 2.99. The van der Waals surface area contributed by atoms with E-state index >= 15 is 0 Å². The molecule has 0 bridgehead atoms. The zero-order valence-corrected chi connectivity index (χ0v) is 12.1. The average molecular weight is 289 g/mol. The number of aromatic nitrogens is 5. The van der Waals surface area contributed by atoms with Crippen molar-refractivity contribution in [3.63, 3.8) is 0 Å². The molecular formula is C13H15N5OS. The third-order valence-electron chi connectivity index (χ3n) is 3.35. The number of H-pyrrole nitrogens is 1. The van der Waals surface area contributed by atoms with E-state index in [1.165, 1.54) is 0 Å². The fourth-order valence-electron chi connectivity index (χ4n) is 2.23. The Balaban J connectivity index is 1.96. The quantitative estimate of drug-likeness (QED) is 0.747. The normalized spacial score (nSPS) is 11.1. The van der Waals surface area contributed by atoms with E-state index in [1.807, 2.05) is 29.8 Å². The van der Waals surface area contributed by atoms with Crippen LogP contribution in [0.4, 0.5) is 0 Å². The Morgan fingerprint density at radius 1 is 1.40 bits per heavy atom. The predicted octanol–water partition coefficient (Wildman–Crippen LogP) is 2.08. The van der Waals surface area contributed by atoms with Crippen molar-refractivity contribution in [3.8, 4) is 5.75 Å². The Kier molecular flexibility index (Phi) is 3.27. The van der Waals surface area contributed by atoms with E-state index in [4.69, 9.17) is 17.0 Å². The van der Waals surface area contributed by atoms with Crippen LogP contribution in [0.25, 0.3) is 11.0 Å². The highest BCUT2D eigenvalue weighted by molar-refractivity contribution is 7.71. The Hall–Kier alpha value is -2.15. The van der Waals surface area contributed by atoms with Crippen molar-refractivity contribution in [1.29, 1.82) is 0 Å². The maximum Gasteiger partial charge on any atom is 0.178 e. The molecule has 0 aliphatic rings. The number of aryl methyl sites for hydroxylation is 3. The number of hydrogen-bond acceptors (Lipinski definition) is 4. The minimum absolute atomic E-state index is 0.704. The molecule has 2 aromatic heterocycles. The summed E-state index contributed by atoms with van der Waals surface area (Å²) in [5, 5.41) is 7.97. The molecule has 7 heteroatoms. The summed E-state index contributed by atoms with van der Waals surface area (Å²) >= 11 is 5.38. The molecule has 6 nitrogen and oxygen atoms in total. The molecule has 3 rings (SSSR count). The van der Waals surface area contributed by atoms with Gasteiger partial charge in [0.1, 0.15) is 17.9 Å². The van der Waals surface area contributed by atoms with Crippen molar-refractivity contribution in [2.75, 3.05) is 7.11 Å². The molecule has 20 heavy (non-hydrogen) atoms. The van der Waals surface area contributed by atoms with Gasteiger partial charge < -0.3 is 18.9 Å². The largest absolute Gasteiger partial charge is 0.497 e. The van der Waals surface area contributed by atoms with Crippen LogP contribution >= 0.6 is 12.2 Å². The number of nitrogens with one attached hydrogen (secondary N) is 1. The van der Waals surface area contributed by atoms with Gasteiger partial charge in [-0.05, 0) is 24.4 Å². The minimum Gasteiger partial charge on any atom is -0.497 e. The smallest absolute Gasteiger partial charge is 0.178 e. The van der Waals surface area contributed by atoms with Crippen molar-refractivity contribution in [2.45, 2.75) is 13.0 Å². The lowest BCUT2D eigenvalue weighted by molar-refractivity contribution is 0.415. The van der Waals surface area contributed by atoms with Gasteiger partial charge in [0.05, 0.1) is 18.1 Å². The summed E-state index contributed by atoms with van der Waals surface area (Å²) in [7, 11) is 3.60. The molecule has 0 unspecified atom stereocenters. The Bertz CT molecular complexity index is 801. The third kappa shape index (κ3) is 2.20. The molecule has 3 aromatic rings. The van der Waals surface area contributed by atoms with Gasteiger partial charge in [-0.3, -0.25) is 0 Å². The molecule has 0 radical (unpaired) electrons. The van der Waals surface area contributed by atoms with Crippen LogP contribution in [0.5, 0.6) is 5.75 Å². The standard InChI is InChI=1S/C13H15N5OS/c1-17-8-14-16-12(17)5-6-18-11-7-9(19-2)3-4-10(11)15-13(18)20/h3-4,7-8H,5-6H2,1-2H3,(H,15,20). The summed E-state index contributed by atoms with van der Waals surface area (Å²) < 4.78 is 9.95. The van der Waals surface area contributed by atoms with E-state index in [9.17, 15) is 0 Å². The van der Waals surface area contributed by atoms with E-state index < -0.39 is 0 Å². The first-order chi connectivity index (χ1) is 9.69. The van der Waals surface area contributed by atoms with E-state index in [-0.39, 0.29) is 0 Å². The first-order valence-electron chi connectivity index (χ1n) is 6.28. The molecule has 2 heterocycles. The predicted molar refractivity (Wildman–Crippen MR) is 78.4 cm³/mol. The lowest BCUT2D eigenvalue weighted by Gasteiger charge is -2.05. The number of imidazole rings is 1. The fraction of sp³-hybridized carbons (Fsp3) is 0.308. The maximum atomic E-state index is 5.38. The summed E-state index contributed by atoms with van der Waals surface area (Å²) in [6.45, 7) is 0.749. The molecule has 0 aliphatic carbocycles. The van der Waals surface area contributed by atoms with Gasteiger partial charge in [-0.2, -0.15) is 0 Å². The number of benzene rings is 1. The molecule has 0 fully saturated rings. The number of aromatic amines is 1. The molecule has 1 N–H and O–H groups in total. The van der Waals surface area contributed by atoms with Crippen LogP contribution < -0.4 is 4.74 Å². The van der Waals surface area contributed by atoms with Crippen LogP contribution in [-0.4, -0.2) is 31.4 Å². The van der Waals surface area contributed by atoms with Crippen molar-refractivity contribution >= 4 is 23.3 Å². The van der Waals surface area contributed by atoms with Gasteiger partial charge in [0.2, 0.25) is 0 Å². The zero-order valence-electron chi connectivity index (χ0n) is 11.3. The molecule has 1 aromatic carbocycles. The topological polar surface area (TPSA) is 60.7 Å². The van der Waals surface area contributed by atoms with Gasteiger partial charge in [0.25, 0.3) is 0 Å². The molecule has 0 amide bonds. The zero-order chi connectivity index (χ0) is 14.1. The lowest BCUT2D eigenvalue weighted by atomic mass is 10.3. The molecule has 104 valence electrons. The molecule has 0 saturated carbocycles. The van der Waals surface area contributed by atoms with Gasteiger partial charge >= 0.3 is 0 Å². The second-order valence-corrected chi connectivity index (χ2v) is 4.96. The van der Waals surface area contributed by atoms with Crippen LogP contribution in [-0.2, 0) is 20.0 Å². The summed E-state index contributed by atoms with van der Waals surface area (Å²) in [6.07, 6.45) is 2.47. The van der Waals surface area contributed by atoms with Gasteiger partial charge in [-0.25, -0.2) is 0 Å². The van der Waals surface area contributed by atoms with Crippen molar-refractivity contribution in [3.05, 3.63) is 35.1 Å². The second-order valence-electron chi connectivity index (χ2n) is 4.57. The number of nitrogens with zero attached hydrogens (tertiary/aromatic N) is 4. The van der Waals surface area contributed by atoms with Gasteiger partial charge in [0, 0.05) is 26.1 Å². The van der Waals surface area contributed by atoms with Crippen molar-refractivity contribution in [2.24, 2.45) is 7.05 Å². The summed E-state index contributed by atoms with van der Waals surface area (Å²) in [5.41, 5.74) is 2.05. The van der Waals surface area contributed by atoms with Gasteiger partial charge in [-0.1, -0.05) is 0 Å². The number of rotatable bonds is 4. The number of methoxy groups -OCH3 is 1. The first kappa shape index (κ1) is 12.9. The molecule has 0 atom stereocenters. The van der Waals surface area contributed by atoms with Crippen LogP contribution in [0, 0.1) is 4.77 Å². The third-order valence-corrected chi connectivity index (χ3v) is 3.67. The van der Waals surface area contributed by atoms with E-state index in [2.05, 4.69) is 19.7 Å². The second kappa shape index (κ2) is 5.09. The summed E-state index contributed by atoms with van der Waals surface area (Å²) in [4.78, 5) is 3.20. The molecule has 0 aliphatic heterocycles. The highest BCUT2D eigenvalue weighted by Crippen LogP contribution is 2.20. The van der Waals surface area contributed by atoms with E-state index in [1.54, 1.807) is 13.4 Å². The Morgan fingerprint density at radius 3 is 2.95 bits per heavy atom. The highest BCUT2D eigenvalue weighted by Gasteiger charge is 2.07. The highest BCUT2D eigenvalue weighted by atomic mass is 32.1. The van der Waals surface area contributed by atoms with Crippen LogP contribution in [0.1, 0.15) is 5.82 Å². The molecule has 0 saturated heterocycles. The first-order valence-corrected chi connectivity index (χ1v) is 6.69. The van der Waals surface area contributed by atoms with Crippen molar-refractivity contribution < 1.29 is 4.74 Å². The molecular weight excluding hydrogens is 274 g/mol. The van der Waals surface area contributed by atoms with Crippen LogP contribution in [0.2, 0.25) is 0 Å². The lowest BCUT2D eigenvalue weighted by Crippen LogP contribution is -2.05. The fourth-order valence-corrected chi connectivity index (χ4v) is 2.53. The number of fused-ring (bicyclic) bond motifs is 1. The van der Waals surface area contributed by atoms with Gasteiger partial charge in [0.15, 0.2) is 4.77 Å².